The molecule has 1 heterocycles. The Labute approximate surface area is 200 Å². The van der Waals surface area contributed by atoms with Crippen molar-refractivity contribution >= 4 is 17.6 Å². The van der Waals surface area contributed by atoms with Crippen molar-refractivity contribution in [3.05, 3.63) is 41.4 Å². The van der Waals surface area contributed by atoms with Gasteiger partial charge in [-0.25, -0.2) is 4.79 Å². The highest BCUT2D eigenvalue weighted by Crippen LogP contribution is 2.41. The number of fused-ring (bicyclic) bond motifs is 1. The molecule has 7 atom stereocenters. The summed E-state index contributed by atoms with van der Waals surface area (Å²) in [5, 5.41) is 30.8. The molecule has 0 bridgehead atoms. The van der Waals surface area contributed by atoms with Gasteiger partial charge in [-0.3, -0.25) is 0 Å². The van der Waals surface area contributed by atoms with Crippen molar-refractivity contribution in [3.8, 4) is 5.75 Å². The van der Waals surface area contributed by atoms with Crippen molar-refractivity contribution in [2.45, 2.75) is 57.5 Å². The highest BCUT2D eigenvalue weighted by molar-refractivity contribution is 6.30. The van der Waals surface area contributed by atoms with Gasteiger partial charge < -0.3 is 29.5 Å². The van der Waals surface area contributed by atoms with E-state index in [0.717, 1.165) is 12.8 Å². The molecule has 1 saturated heterocycles. The number of carbonyl (C=O) groups is 1. The highest BCUT2D eigenvalue weighted by Gasteiger charge is 2.43. The third kappa shape index (κ3) is 7.42. The Morgan fingerprint density at radius 1 is 1.33 bits per heavy atom. The molecule has 3 rings (SSSR count). The van der Waals surface area contributed by atoms with E-state index in [9.17, 15) is 20.1 Å². The van der Waals surface area contributed by atoms with Crippen LogP contribution in [0.3, 0.4) is 0 Å². The van der Waals surface area contributed by atoms with Gasteiger partial charge in [0, 0.05) is 23.3 Å². The van der Waals surface area contributed by atoms with E-state index in [0.29, 0.717) is 30.4 Å². The first kappa shape index (κ1) is 26.0. The van der Waals surface area contributed by atoms with Gasteiger partial charge in [-0.15, -0.1) is 0 Å². The van der Waals surface area contributed by atoms with Crippen molar-refractivity contribution in [2.24, 2.45) is 23.7 Å². The van der Waals surface area contributed by atoms with Crippen LogP contribution in [0.25, 0.3) is 0 Å². The van der Waals surface area contributed by atoms with Gasteiger partial charge in [0.25, 0.3) is 0 Å². The van der Waals surface area contributed by atoms with Crippen LogP contribution < -0.4 is 4.74 Å². The molecule has 8 heteroatoms. The minimum atomic E-state index is -0.942. The van der Waals surface area contributed by atoms with Gasteiger partial charge in [-0.1, -0.05) is 43.7 Å². The molecule has 1 unspecified atom stereocenters. The lowest BCUT2D eigenvalue weighted by molar-refractivity contribution is -0.155. The standard InChI is InChI=1S/C25H35ClO7/c1-15(2)24(25(29)30)33-13-16-6-8-21-20(22(28)11-23(21)32-12-16)9-7-18(27)14-31-19-5-3-4-17(26)10-19/h3-5,7,9-10,15-16,18,20-24,27-28H,6,8,11-14H2,1-2H3,(H,29,30)/b9-7+/t16-,18-,20-,21-,22-,23+,24?/m1/s1. The lowest BCUT2D eigenvalue weighted by Crippen LogP contribution is -2.32. The van der Waals surface area contributed by atoms with E-state index in [1.165, 1.54) is 0 Å². The first-order valence-electron chi connectivity index (χ1n) is 11.6. The van der Waals surface area contributed by atoms with Gasteiger partial charge in [0.2, 0.25) is 0 Å². The van der Waals surface area contributed by atoms with Crippen LogP contribution >= 0.6 is 11.6 Å². The van der Waals surface area contributed by atoms with Gasteiger partial charge in [0.05, 0.1) is 25.4 Å². The maximum Gasteiger partial charge on any atom is 0.333 e. The average molecular weight is 483 g/mol. The lowest BCUT2D eigenvalue weighted by atomic mass is 9.87. The van der Waals surface area contributed by atoms with E-state index in [1.807, 2.05) is 19.9 Å². The first-order valence-corrected chi connectivity index (χ1v) is 12.0. The largest absolute Gasteiger partial charge is 0.491 e. The second-order valence-corrected chi connectivity index (χ2v) is 9.85. The maximum atomic E-state index is 11.4. The smallest absolute Gasteiger partial charge is 0.333 e. The lowest BCUT2D eigenvalue weighted by Gasteiger charge is -2.22. The Kier molecular flexibility index (Phi) is 9.58. The summed E-state index contributed by atoms with van der Waals surface area (Å²) in [7, 11) is 0. The van der Waals surface area contributed by atoms with Gasteiger partial charge >= 0.3 is 5.97 Å². The van der Waals surface area contributed by atoms with Crippen LogP contribution in [0.5, 0.6) is 5.75 Å². The van der Waals surface area contributed by atoms with Crippen molar-refractivity contribution in [3.63, 3.8) is 0 Å². The molecule has 0 aromatic heterocycles. The first-order chi connectivity index (χ1) is 15.7. The number of aliphatic carboxylic acids is 1. The summed E-state index contributed by atoms with van der Waals surface area (Å²) < 4.78 is 17.4. The molecule has 0 spiro atoms. The summed E-state index contributed by atoms with van der Waals surface area (Å²) in [6.07, 6.45) is 3.57. The second-order valence-electron chi connectivity index (χ2n) is 9.42. The molecule has 1 aromatic carbocycles. The molecule has 2 fully saturated rings. The zero-order valence-corrected chi connectivity index (χ0v) is 19.9. The molecule has 0 amide bonds. The van der Waals surface area contributed by atoms with Crippen LogP contribution in [0.15, 0.2) is 36.4 Å². The van der Waals surface area contributed by atoms with Gasteiger partial charge in [-0.05, 0) is 42.9 Å². The van der Waals surface area contributed by atoms with E-state index in [-0.39, 0.29) is 36.4 Å². The second kappa shape index (κ2) is 12.2. The van der Waals surface area contributed by atoms with Gasteiger partial charge in [0.15, 0.2) is 6.10 Å². The topological polar surface area (TPSA) is 105 Å². The maximum absolute atomic E-state index is 11.4. The summed E-state index contributed by atoms with van der Waals surface area (Å²) in [6.45, 7) is 4.59. The molecule has 33 heavy (non-hydrogen) atoms. The van der Waals surface area contributed by atoms with E-state index >= 15 is 0 Å². The molecule has 184 valence electrons. The van der Waals surface area contributed by atoms with Crippen LogP contribution in [-0.2, 0) is 14.3 Å². The molecular formula is C25H35ClO7. The summed E-state index contributed by atoms with van der Waals surface area (Å²) in [6, 6.07) is 7.00. The SMILES string of the molecule is CC(C)C(OC[C@@H]1CC[C@@H]2[C@@H](/C=C/[C@@H](O)COc3cccc(Cl)c3)[C@H](O)C[C@@H]2OC1)C(=O)O. The summed E-state index contributed by atoms with van der Waals surface area (Å²) in [4.78, 5) is 11.4. The fourth-order valence-corrected chi connectivity index (χ4v) is 4.87. The van der Waals surface area contributed by atoms with Gasteiger partial charge in [0.1, 0.15) is 18.5 Å². The van der Waals surface area contributed by atoms with Gasteiger partial charge in [-0.2, -0.15) is 0 Å². The fraction of sp³-hybridized carbons (Fsp3) is 0.640. The van der Waals surface area contributed by atoms with Crippen molar-refractivity contribution < 1.29 is 34.3 Å². The predicted molar refractivity (Wildman–Crippen MR) is 124 cm³/mol. The molecule has 7 nitrogen and oxygen atoms in total. The highest BCUT2D eigenvalue weighted by atomic mass is 35.5. The minimum Gasteiger partial charge on any atom is -0.491 e. The van der Waals surface area contributed by atoms with E-state index in [4.69, 9.17) is 25.8 Å². The monoisotopic (exact) mass is 482 g/mol. The average Bonchev–Trinajstić information content (AvgIpc) is 2.92. The van der Waals surface area contributed by atoms with E-state index in [2.05, 4.69) is 0 Å². The molecule has 1 aliphatic heterocycles. The van der Waals surface area contributed by atoms with Crippen LogP contribution in [0.4, 0.5) is 0 Å². The van der Waals surface area contributed by atoms with Crippen molar-refractivity contribution in [1.29, 1.82) is 0 Å². The van der Waals surface area contributed by atoms with Crippen molar-refractivity contribution in [2.75, 3.05) is 19.8 Å². The number of carboxylic acids is 1. The molecule has 3 N–H and O–H groups in total. The Hall–Kier alpha value is -1.64. The Balaban J connectivity index is 1.51. The minimum absolute atomic E-state index is 0.0557. The van der Waals surface area contributed by atoms with Crippen LogP contribution in [0.2, 0.25) is 5.02 Å². The van der Waals surface area contributed by atoms with Crippen LogP contribution in [-0.4, -0.2) is 65.5 Å². The van der Waals surface area contributed by atoms with Crippen molar-refractivity contribution in [1.82, 2.24) is 0 Å². The number of ether oxygens (including phenoxy) is 3. The number of rotatable bonds is 10. The molecule has 1 aromatic rings. The van der Waals surface area contributed by atoms with Crippen LogP contribution in [0.1, 0.15) is 33.1 Å². The molecule has 1 saturated carbocycles. The predicted octanol–water partition coefficient (Wildman–Crippen LogP) is 3.55. The number of aliphatic hydroxyl groups excluding tert-OH is 2. The third-order valence-corrected chi connectivity index (χ3v) is 6.71. The Bertz CT molecular complexity index is 799. The quantitative estimate of drug-likeness (QED) is 0.438. The number of halogens is 1. The zero-order valence-electron chi connectivity index (χ0n) is 19.2. The fourth-order valence-electron chi connectivity index (χ4n) is 4.69. The molecule has 1 aliphatic carbocycles. The number of carboxylic acid groups (broad SMARTS) is 1. The molecule has 2 aliphatic rings. The number of hydrogen-bond donors (Lipinski definition) is 3. The Morgan fingerprint density at radius 2 is 2.12 bits per heavy atom. The molecule has 0 radical (unpaired) electrons. The molecular weight excluding hydrogens is 448 g/mol. The van der Waals surface area contributed by atoms with Crippen LogP contribution in [0, 0.1) is 23.7 Å². The third-order valence-electron chi connectivity index (χ3n) is 6.48. The number of aliphatic hydroxyl groups is 2. The summed E-state index contributed by atoms with van der Waals surface area (Å²) >= 11 is 5.94. The summed E-state index contributed by atoms with van der Waals surface area (Å²) in [5.74, 6) is -0.311. The zero-order chi connectivity index (χ0) is 24.0. The summed E-state index contributed by atoms with van der Waals surface area (Å²) in [5.41, 5.74) is 0. The van der Waals surface area contributed by atoms with E-state index < -0.39 is 24.3 Å². The number of benzene rings is 1. The van der Waals surface area contributed by atoms with E-state index in [1.54, 1.807) is 30.3 Å². The number of hydrogen-bond acceptors (Lipinski definition) is 6. The normalized spacial score (nSPS) is 29.6. The Morgan fingerprint density at radius 3 is 2.82 bits per heavy atom.